The van der Waals surface area contributed by atoms with Crippen molar-refractivity contribution < 1.29 is 9.21 Å². The van der Waals surface area contributed by atoms with Crippen molar-refractivity contribution in [1.29, 1.82) is 0 Å². The van der Waals surface area contributed by atoms with Gasteiger partial charge in [0.25, 0.3) is 5.91 Å². The molecule has 1 rings (SSSR count). The minimum absolute atomic E-state index is 0.0587. The number of nitrogens with one attached hydrogen (secondary N) is 1. The van der Waals surface area contributed by atoms with Gasteiger partial charge in [0.15, 0.2) is 0 Å². The molecule has 4 heteroatoms. The van der Waals surface area contributed by atoms with E-state index in [2.05, 4.69) is 35.1 Å². The van der Waals surface area contributed by atoms with Crippen LogP contribution in [0.15, 0.2) is 16.7 Å². The molecule has 16 heavy (non-hydrogen) atoms. The highest BCUT2D eigenvalue weighted by Crippen LogP contribution is 2.18. The standard InChI is InChI=1S/C12H18BrNO2/c1-4-12(3,6-7-13)14-11(15)10-5-8-16-9(10)2/h5,8H,4,6-7H2,1-3H3,(H,14,15). The quantitative estimate of drug-likeness (QED) is 0.845. The Hall–Kier alpha value is -0.770. The first kappa shape index (κ1) is 13.3. The van der Waals surface area contributed by atoms with Crippen LogP contribution in [-0.4, -0.2) is 16.8 Å². The van der Waals surface area contributed by atoms with Crippen molar-refractivity contribution in [2.24, 2.45) is 0 Å². The van der Waals surface area contributed by atoms with Gasteiger partial charge < -0.3 is 9.73 Å². The maximum Gasteiger partial charge on any atom is 0.255 e. The van der Waals surface area contributed by atoms with Crippen molar-refractivity contribution in [1.82, 2.24) is 5.32 Å². The molecule has 3 nitrogen and oxygen atoms in total. The fourth-order valence-corrected chi connectivity index (χ4v) is 2.37. The van der Waals surface area contributed by atoms with Gasteiger partial charge in [0.1, 0.15) is 5.76 Å². The van der Waals surface area contributed by atoms with Gasteiger partial charge in [-0.1, -0.05) is 22.9 Å². The molecule has 1 atom stereocenters. The summed E-state index contributed by atoms with van der Waals surface area (Å²) in [4.78, 5) is 12.0. The lowest BCUT2D eigenvalue weighted by Crippen LogP contribution is -2.45. The Morgan fingerprint density at radius 2 is 2.31 bits per heavy atom. The Balaban J connectivity index is 2.73. The molecule has 1 aromatic rings. The number of carbonyl (C=O) groups excluding carboxylic acids is 1. The molecule has 0 spiro atoms. The Bertz CT molecular complexity index is 362. The topological polar surface area (TPSA) is 42.2 Å². The predicted molar refractivity (Wildman–Crippen MR) is 68.0 cm³/mol. The van der Waals surface area contributed by atoms with Crippen molar-refractivity contribution in [2.45, 2.75) is 39.2 Å². The molecule has 1 N–H and O–H groups in total. The van der Waals surface area contributed by atoms with Crippen molar-refractivity contribution >= 4 is 21.8 Å². The molecule has 1 aromatic heterocycles. The summed E-state index contributed by atoms with van der Waals surface area (Å²) in [6.45, 7) is 5.93. The predicted octanol–water partition coefficient (Wildman–Crippen LogP) is 3.27. The minimum Gasteiger partial charge on any atom is -0.469 e. The summed E-state index contributed by atoms with van der Waals surface area (Å²) in [5, 5.41) is 3.94. The zero-order valence-electron chi connectivity index (χ0n) is 9.97. The van der Waals surface area contributed by atoms with Gasteiger partial charge in [-0.15, -0.1) is 0 Å². The smallest absolute Gasteiger partial charge is 0.255 e. The van der Waals surface area contributed by atoms with Crippen LogP contribution in [0.5, 0.6) is 0 Å². The van der Waals surface area contributed by atoms with Crippen molar-refractivity contribution in [3.8, 4) is 0 Å². The molecule has 1 amide bonds. The van der Waals surface area contributed by atoms with Gasteiger partial charge in [-0.3, -0.25) is 4.79 Å². The van der Waals surface area contributed by atoms with Crippen LogP contribution >= 0.6 is 15.9 Å². The van der Waals surface area contributed by atoms with Crippen LogP contribution in [0.25, 0.3) is 0 Å². The monoisotopic (exact) mass is 287 g/mol. The van der Waals surface area contributed by atoms with E-state index in [1.807, 2.05) is 0 Å². The second kappa shape index (κ2) is 5.53. The van der Waals surface area contributed by atoms with Gasteiger partial charge in [-0.05, 0) is 32.8 Å². The van der Waals surface area contributed by atoms with Crippen LogP contribution < -0.4 is 5.32 Å². The molecule has 1 unspecified atom stereocenters. The Kier molecular flexibility index (Phi) is 4.59. The Morgan fingerprint density at radius 3 is 2.75 bits per heavy atom. The number of rotatable bonds is 5. The fourth-order valence-electron chi connectivity index (χ4n) is 1.50. The Morgan fingerprint density at radius 1 is 1.62 bits per heavy atom. The van der Waals surface area contributed by atoms with Gasteiger partial charge >= 0.3 is 0 Å². The van der Waals surface area contributed by atoms with E-state index in [0.717, 1.165) is 18.2 Å². The summed E-state index contributed by atoms with van der Waals surface area (Å²) in [5.41, 5.74) is 0.457. The third-order valence-corrected chi connectivity index (χ3v) is 3.34. The molecule has 0 aromatic carbocycles. The lowest BCUT2D eigenvalue weighted by atomic mass is 9.95. The third-order valence-electron chi connectivity index (χ3n) is 2.95. The summed E-state index contributed by atoms with van der Waals surface area (Å²) in [6.07, 6.45) is 3.35. The fraction of sp³-hybridized carbons (Fsp3) is 0.583. The first-order valence-electron chi connectivity index (χ1n) is 5.45. The molecule has 0 saturated heterocycles. The minimum atomic E-state index is -0.162. The average Bonchev–Trinajstić information content (AvgIpc) is 2.65. The van der Waals surface area contributed by atoms with Gasteiger partial charge in [0.05, 0.1) is 11.8 Å². The summed E-state index contributed by atoms with van der Waals surface area (Å²) >= 11 is 3.41. The van der Waals surface area contributed by atoms with E-state index in [1.165, 1.54) is 6.26 Å². The number of carbonyl (C=O) groups is 1. The molecule has 0 aliphatic heterocycles. The first-order valence-corrected chi connectivity index (χ1v) is 6.57. The summed E-state index contributed by atoms with van der Waals surface area (Å²) in [7, 11) is 0. The van der Waals surface area contributed by atoms with Crippen LogP contribution in [0.2, 0.25) is 0 Å². The van der Waals surface area contributed by atoms with Gasteiger partial charge in [0, 0.05) is 10.9 Å². The van der Waals surface area contributed by atoms with Crippen LogP contribution in [0.3, 0.4) is 0 Å². The lowest BCUT2D eigenvalue weighted by Gasteiger charge is -2.28. The number of hydrogen-bond donors (Lipinski definition) is 1. The number of amides is 1. The van der Waals surface area contributed by atoms with Crippen LogP contribution in [0, 0.1) is 6.92 Å². The van der Waals surface area contributed by atoms with Crippen molar-refractivity contribution in [3.05, 3.63) is 23.7 Å². The second-order valence-electron chi connectivity index (χ2n) is 4.20. The average molecular weight is 288 g/mol. The molecule has 1 heterocycles. The number of halogens is 1. The van der Waals surface area contributed by atoms with Crippen LogP contribution in [0.1, 0.15) is 42.8 Å². The number of alkyl halides is 1. The number of furan rings is 1. The molecule has 0 aliphatic rings. The molecule has 0 aliphatic carbocycles. The molecular weight excluding hydrogens is 270 g/mol. The van der Waals surface area contributed by atoms with Crippen LogP contribution in [-0.2, 0) is 0 Å². The largest absolute Gasteiger partial charge is 0.469 e. The van der Waals surface area contributed by atoms with E-state index in [4.69, 9.17) is 4.42 Å². The van der Waals surface area contributed by atoms with E-state index < -0.39 is 0 Å². The molecule has 90 valence electrons. The number of hydrogen-bond acceptors (Lipinski definition) is 2. The molecular formula is C12H18BrNO2. The maximum atomic E-state index is 12.0. The molecule has 0 saturated carbocycles. The van der Waals surface area contributed by atoms with E-state index >= 15 is 0 Å². The Labute approximate surface area is 105 Å². The highest BCUT2D eigenvalue weighted by atomic mass is 79.9. The normalized spacial score (nSPS) is 14.5. The maximum absolute atomic E-state index is 12.0. The van der Waals surface area contributed by atoms with Crippen molar-refractivity contribution in [2.75, 3.05) is 5.33 Å². The van der Waals surface area contributed by atoms with E-state index in [-0.39, 0.29) is 11.4 Å². The molecule has 0 fully saturated rings. The molecule has 0 bridgehead atoms. The summed E-state index contributed by atoms with van der Waals surface area (Å²) in [5.74, 6) is 0.603. The molecule has 0 radical (unpaired) electrons. The van der Waals surface area contributed by atoms with E-state index in [1.54, 1.807) is 13.0 Å². The van der Waals surface area contributed by atoms with Crippen molar-refractivity contribution in [3.63, 3.8) is 0 Å². The lowest BCUT2D eigenvalue weighted by molar-refractivity contribution is 0.0900. The van der Waals surface area contributed by atoms with Gasteiger partial charge in [-0.2, -0.15) is 0 Å². The highest BCUT2D eigenvalue weighted by Gasteiger charge is 2.25. The number of aryl methyl sites for hydroxylation is 1. The van der Waals surface area contributed by atoms with E-state index in [0.29, 0.717) is 11.3 Å². The SMILES string of the molecule is CCC(C)(CCBr)NC(=O)c1ccoc1C. The summed E-state index contributed by atoms with van der Waals surface area (Å²) < 4.78 is 5.12. The second-order valence-corrected chi connectivity index (χ2v) is 4.99. The van der Waals surface area contributed by atoms with Gasteiger partial charge in [0.2, 0.25) is 0 Å². The zero-order chi connectivity index (χ0) is 12.2. The van der Waals surface area contributed by atoms with Gasteiger partial charge in [-0.25, -0.2) is 0 Å². The highest BCUT2D eigenvalue weighted by molar-refractivity contribution is 9.09. The van der Waals surface area contributed by atoms with Crippen LogP contribution in [0.4, 0.5) is 0 Å². The summed E-state index contributed by atoms with van der Waals surface area (Å²) in [6, 6.07) is 1.70. The zero-order valence-corrected chi connectivity index (χ0v) is 11.6. The first-order chi connectivity index (χ1) is 7.52. The third kappa shape index (κ3) is 3.11. The van der Waals surface area contributed by atoms with E-state index in [9.17, 15) is 4.79 Å².